The SMILES string of the molecule is CCCOc1ccc(NCC(=O)Nc2ccc(Cl)cc2)cc1. The summed E-state index contributed by atoms with van der Waals surface area (Å²) in [7, 11) is 0. The Bertz CT molecular complexity index is 597. The molecule has 2 aromatic carbocycles. The number of hydrogen-bond acceptors (Lipinski definition) is 3. The molecule has 0 aliphatic rings. The summed E-state index contributed by atoms with van der Waals surface area (Å²) in [6.07, 6.45) is 0.977. The molecule has 2 N–H and O–H groups in total. The molecule has 0 radical (unpaired) electrons. The van der Waals surface area contributed by atoms with Gasteiger partial charge in [0.15, 0.2) is 0 Å². The monoisotopic (exact) mass is 318 g/mol. The molecule has 0 saturated carbocycles. The first kappa shape index (κ1) is 16.2. The Kier molecular flexibility index (Phi) is 6.10. The summed E-state index contributed by atoms with van der Waals surface area (Å²) in [5.74, 6) is 0.714. The second kappa shape index (κ2) is 8.29. The standard InChI is InChI=1S/C17H19ClN2O2/c1-2-11-22-16-9-7-14(8-10-16)19-12-17(21)20-15-5-3-13(18)4-6-15/h3-10,19H,2,11-12H2,1H3,(H,20,21). The Morgan fingerprint density at radius 3 is 2.32 bits per heavy atom. The maximum atomic E-state index is 11.8. The second-order valence-electron chi connectivity index (χ2n) is 4.78. The minimum atomic E-state index is -0.117. The van der Waals surface area contributed by atoms with Crippen LogP contribution in [-0.4, -0.2) is 19.1 Å². The van der Waals surface area contributed by atoms with Crippen molar-refractivity contribution in [2.24, 2.45) is 0 Å². The third kappa shape index (κ3) is 5.30. The molecule has 0 spiro atoms. The molecule has 2 aromatic rings. The Hall–Kier alpha value is -2.20. The van der Waals surface area contributed by atoms with Crippen LogP contribution < -0.4 is 15.4 Å². The second-order valence-corrected chi connectivity index (χ2v) is 5.22. The topological polar surface area (TPSA) is 50.4 Å². The number of amides is 1. The molecule has 1 amide bonds. The molecule has 0 heterocycles. The highest BCUT2D eigenvalue weighted by atomic mass is 35.5. The number of carbonyl (C=O) groups is 1. The van der Waals surface area contributed by atoms with Gasteiger partial charge in [-0.3, -0.25) is 4.79 Å². The lowest BCUT2D eigenvalue weighted by Gasteiger charge is -2.09. The highest BCUT2D eigenvalue weighted by molar-refractivity contribution is 6.30. The number of anilines is 2. The fourth-order valence-corrected chi connectivity index (χ4v) is 1.94. The molecule has 5 heteroatoms. The van der Waals surface area contributed by atoms with Gasteiger partial charge in [0.05, 0.1) is 13.2 Å². The van der Waals surface area contributed by atoms with Crippen LogP contribution in [0.2, 0.25) is 5.02 Å². The highest BCUT2D eigenvalue weighted by Crippen LogP contribution is 2.16. The third-order valence-corrected chi connectivity index (χ3v) is 3.16. The van der Waals surface area contributed by atoms with Crippen molar-refractivity contribution in [3.05, 3.63) is 53.6 Å². The van der Waals surface area contributed by atoms with Gasteiger partial charge in [-0.25, -0.2) is 0 Å². The molecule has 0 unspecified atom stereocenters. The molecular formula is C17H19ClN2O2. The molecule has 0 bridgehead atoms. The van der Waals surface area contributed by atoms with E-state index >= 15 is 0 Å². The van der Waals surface area contributed by atoms with Crippen LogP contribution in [0.3, 0.4) is 0 Å². The Morgan fingerprint density at radius 2 is 1.68 bits per heavy atom. The number of carbonyl (C=O) groups excluding carboxylic acids is 1. The Labute approximate surface area is 135 Å². The molecule has 116 valence electrons. The zero-order valence-corrected chi connectivity index (χ0v) is 13.2. The van der Waals surface area contributed by atoms with Crippen molar-refractivity contribution in [1.82, 2.24) is 0 Å². The van der Waals surface area contributed by atoms with Crippen molar-refractivity contribution in [1.29, 1.82) is 0 Å². The van der Waals surface area contributed by atoms with Crippen LogP contribution in [0.1, 0.15) is 13.3 Å². The fourth-order valence-electron chi connectivity index (χ4n) is 1.81. The lowest BCUT2D eigenvalue weighted by molar-refractivity contribution is -0.114. The van der Waals surface area contributed by atoms with Gasteiger partial charge in [0.1, 0.15) is 5.75 Å². The van der Waals surface area contributed by atoms with Gasteiger partial charge in [0, 0.05) is 16.4 Å². The normalized spacial score (nSPS) is 10.1. The quantitative estimate of drug-likeness (QED) is 0.805. The van der Waals surface area contributed by atoms with Gasteiger partial charge in [-0.05, 0) is 55.0 Å². The van der Waals surface area contributed by atoms with Crippen LogP contribution in [0.4, 0.5) is 11.4 Å². The van der Waals surface area contributed by atoms with E-state index < -0.39 is 0 Å². The average molecular weight is 319 g/mol. The van der Waals surface area contributed by atoms with Crippen molar-refractivity contribution < 1.29 is 9.53 Å². The molecule has 22 heavy (non-hydrogen) atoms. The predicted octanol–water partition coefficient (Wildman–Crippen LogP) is 4.18. The van der Waals surface area contributed by atoms with E-state index in [9.17, 15) is 4.79 Å². The minimum Gasteiger partial charge on any atom is -0.494 e. The zero-order chi connectivity index (χ0) is 15.8. The van der Waals surface area contributed by atoms with Crippen molar-refractivity contribution in [2.45, 2.75) is 13.3 Å². The molecule has 0 saturated heterocycles. The summed E-state index contributed by atoms with van der Waals surface area (Å²) in [6.45, 7) is 2.96. The van der Waals surface area contributed by atoms with E-state index in [1.165, 1.54) is 0 Å². The van der Waals surface area contributed by atoms with E-state index in [4.69, 9.17) is 16.3 Å². The van der Waals surface area contributed by atoms with Crippen LogP contribution in [0.15, 0.2) is 48.5 Å². The first-order valence-corrected chi connectivity index (χ1v) is 7.57. The van der Waals surface area contributed by atoms with Gasteiger partial charge in [0.2, 0.25) is 5.91 Å². The summed E-state index contributed by atoms with van der Waals surface area (Å²) in [4.78, 5) is 11.8. The van der Waals surface area contributed by atoms with E-state index in [2.05, 4.69) is 17.6 Å². The molecule has 2 rings (SSSR count). The maximum absolute atomic E-state index is 11.8. The number of ether oxygens (including phenoxy) is 1. The number of rotatable bonds is 7. The summed E-state index contributed by atoms with van der Waals surface area (Å²) in [6, 6.07) is 14.5. The third-order valence-electron chi connectivity index (χ3n) is 2.91. The molecule has 4 nitrogen and oxygen atoms in total. The summed E-state index contributed by atoms with van der Waals surface area (Å²) >= 11 is 5.80. The molecule has 0 fully saturated rings. The van der Waals surface area contributed by atoms with Crippen molar-refractivity contribution in [2.75, 3.05) is 23.8 Å². The number of benzene rings is 2. The van der Waals surface area contributed by atoms with Crippen molar-refractivity contribution in [3.63, 3.8) is 0 Å². The van der Waals surface area contributed by atoms with E-state index in [-0.39, 0.29) is 12.5 Å². The molecule has 0 aromatic heterocycles. The van der Waals surface area contributed by atoms with Crippen LogP contribution in [0, 0.1) is 0 Å². The van der Waals surface area contributed by atoms with Crippen LogP contribution in [-0.2, 0) is 4.79 Å². The molecule has 0 aliphatic heterocycles. The Balaban J connectivity index is 1.79. The Morgan fingerprint density at radius 1 is 1.05 bits per heavy atom. The van der Waals surface area contributed by atoms with E-state index in [1.807, 2.05) is 24.3 Å². The number of hydrogen-bond donors (Lipinski definition) is 2. The summed E-state index contributed by atoms with van der Waals surface area (Å²) < 4.78 is 5.51. The van der Waals surface area contributed by atoms with Crippen LogP contribution in [0.5, 0.6) is 5.75 Å². The highest BCUT2D eigenvalue weighted by Gasteiger charge is 2.02. The average Bonchev–Trinajstić information content (AvgIpc) is 2.54. The van der Waals surface area contributed by atoms with Crippen LogP contribution >= 0.6 is 11.6 Å². The number of halogens is 1. The van der Waals surface area contributed by atoms with Gasteiger partial charge < -0.3 is 15.4 Å². The fraction of sp³-hybridized carbons (Fsp3) is 0.235. The zero-order valence-electron chi connectivity index (χ0n) is 12.4. The van der Waals surface area contributed by atoms with Gasteiger partial charge in [-0.2, -0.15) is 0 Å². The van der Waals surface area contributed by atoms with E-state index in [1.54, 1.807) is 24.3 Å². The van der Waals surface area contributed by atoms with Crippen LogP contribution in [0.25, 0.3) is 0 Å². The summed E-state index contributed by atoms with van der Waals surface area (Å²) in [5, 5.41) is 6.50. The van der Waals surface area contributed by atoms with Crippen molar-refractivity contribution >= 4 is 28.9 Å². The first-order valence-electron chi connectivity index (χ1n) is 7.19. The first-order chi connectivity index (χ1) is 10.7. The smallest absolute Gasteiger partial charge is 0.243 e. The lowest BCUT2D eigenvalue weighted by atomic mass is 10.3. The molecule has 0 atom stereocenters. The predicted molar refractivity (Wildman–Crippen MR) is 90.8 cm³/mol. The van der Waals surface area contributed by atoms with E-state index in [0.717, 1.165) is 23.5 Å². The molecule has 0 aliphatic carbocycles. The van der Waals surface area contributed by atoms with Crippen molar-refractivity contribution in [3.8, 4) is 5.75 Å². The van der Waals surface area contributed by atoms with E-state index in [0.29, 0.717) is 11.6 Å². The largest absolute Gasteiger partial charge is 0.494 e. The lowest BCUT2D eigenvalue weighted by Crippen LogP contribution is -2.21. The number of nitrogens with one attached hydrogen (secondary N) is 2. The van der Waals surface area contributed by atoms with Gasteiger partial charge >= 0.3 is 0 Å². The van der Waals surface area contributed by atoms with Gasteiger partial charge in [-0.15, -0.1) is 0 Å². The maximum Gasteiger partial charge on any atom is 0.243 e. The van der Waals surface area contributed by atoms with Gasteiger partial charge in [-0.1, -0.05) is 18.5 Å². The van der Waals surface area contributed by atoms with Gasteiger partial charge in [0.25, 0.3) is 0 Å². The molecular weight excluding hydrogens is 300 g/mol. The minimum absolute atomic E-state index is 0.117. The summed E-state index contributed by atoms with van der Waals surface area (Å²) in [5.41, 5.74) is 1.59.